The molecule has 0 radical (unpaired) electrons. The van der Waals surface area contributed by atoms with Gasteiger partial charge in [-0.05, 0) is 19.9 Å². The third-order valence-electron chi connectivity index (χ3n) is 3.31. The Kier molecular flexibility index (Phi) is 4.68. The SMILES string of the molecule is CCNc1nccnc1C(=O)N[C@H]1CCN(CC)C1. The molecule has 0 aliphatic carbocycles. The number of amides is 1. The molecule has 19 heavy (non-hydrogen) atoms. The molecule has 104 valence electrons. The smallest absolute Gasteiger partial charge is 0.273 e. The zero-order chi connectivity index (χ0) is 13.7. The van der Waals surface area contributed by atoms with Crippen molar-refractivity contribution in [3.63, 3.8) is 0 Å². The van der Waals surface area contributed by atoms with E-state index in [4.69, 9.17) is 0 Å². The zero-order valence-corrected chi connectivity index (χ0v) is 11.5. The number of likely N-dealkylation sites (N-methyl/N-ethyl adjacent to an activating group) is 1. The Morgan fingerprint density at radius 3 is 2.89 bits per heavy atom. The van der Waals surface area contributed by atoms with Crippen molar-refractivity contribution in [3.8, 4) is 0 Å². The van der Waals surface area contributed by atoms with Gasteiger partial charge >= 0.3 is 0 Å². The minimum atomic E-state index is -0.146. The van der Waals surface area contributed by atoms with E-state index in [9.17, 15) is 4.79 Å². The molecule has 1 aromatic heterocycles. The number of aromatic nitrogens is 2. The molecule has 0 saturated carbocycles. The number of anilines is 1. The topological polar surface area (TPSA) is 70.1 Å². The van der Waals surface area contributed by atoms with Crippen molar-refractivity contribution in [1.82, 2.24) is 20.2 Å². The van der Waals surface area contributed by atoms with Gasteiger partial charge in [-0.3, -0.25) is 4.79 Å². The average molecular weight is 263 g/mol. The first-order valence-corrected chi connectivity index (χ1v) is 6.82. The van der Waals surface area contributed by atoms with Crippen molar-refractivity contribution >= 4 is 11.7 Å². The predicted molar refractivity (Wildman–Crippen MR) is 74.2 cm³/mol. The van der Waals surface area contributed by atoms with Crippen molar-refractivity contribution in [2.45, 2.75) is 26.3 Å². The maximum absolute atomic E-state index is 12.2. The Morgan fingerprint density at radius 2 is 2.21 bits per heavy atom. The van der Waals surface area contributed by atoms with Gasteiger partial charge in [0, 0.05) is 38.1 Å². The normalized spacial score (nSPS) is 19.4. The van der Waals surface area contributed by atoms with Crippen LogP contribution in [0.2, 0.25) is 0 Å². The Bertz CT molecular complexity index is 437. The van der Waals surface area contributed by atoms with E-state index in [1.54, 1.807) is 12.4 Å². The second-order valence-electron chi connectivity index (χ2n) is 4.64. The van der Waals surface area contributed by atoms with Crippen LogP contribution in [0.25, 0.3) is 0 Å². The highest BCUT2D eigenvalue weighted by Gasteiger charge is 2.24. The lowest BCUT2D eigenvalue weighted by Gasteiger charge is -2.15. The number of hydrogen-bond donors (Lipinski definition) is 2. The third-order valence-corrected chi connectivity index (χ3v) is 3.31. The van der Waals surface area contributed by atoms with Gasteiger partial charge in [0.15, 0.2) is 11.5 Å². The number of rotatable bonds is 5. The molecule has 1 aliphatic rings. The first-order valence-electron chi connectivity index (χ1n) is 6.82. The molecule has 1 aliphatic heterocycles. The van der Waals surface area contributed by atoms with Crippen LogP contribution in [0.4, 0.5) is 5.82 Å². The molecule has 0 spiro atoms. The fourth-order valence-corrected chi connectivity index (χ4v) is 2.29. The van der Waals surface area contributed by atoms with Crippen molar-refractivity contribution < 1.29 is 4.79 Å². The van der Waals surface area contributed by atoms with Gasteiger partial charge in [0.2, 0.25) is 0 Å². The highest BCUT2D eigenvalue weighted by atomic mass is 16.2. The van der Waals surface area contributed by atoms with E-state index >= 15 is 0 Å². The van der Waals surface area contributed by atoms with E-state index in [1.165, 1.54) is 0 Å². The zero-order valence-electron chi connectivity index (χ0n) is 11.5. The molecule has 2 rings (SSSR count). The minimum Gasteiger partial charge on any atom is -0.368 e. The van der Waals surface area contributed by atoms with E-state index in [-0.39, 0.29) is 11.9 Å². The summed E-state index contributed by atoms with van der Waals surface area (Å²) in [5.74, 6) is 0.403. The van der Waals surface area contributed by atoms with Crippen molar-refractivity contribution in [1.29, 1.82) is 0 Å². The predicted octanol–water partition coefficient (Wildman–Crippen LogP) is 0.732. The maximum atomic E-state index is 12.2. The van der Waals surface area contributed by atoms with Crippen LogP contribution in [0.15, 0.2) is 12.4 Å². The van der Waals surface area contributed by atoms with Crippen LogP contribution < -0.4 is 10.6 Å². The number of nitrogens with zero attached hydrogens (tertiary/aromatic N) is 3. The fourth-order valence-electron chi connectivity index (χ4n) is 2.29. The Hall–Kier alpha value is -1.69. The third kappa shape index (κ3) is 3.41. The molecule has 2 heterocycles. The maximum Gasteiger partial charge on any atom is 0.273 e. The summed E-state index contributed by atoms with van der Waals surface area (Å²) < 4.78 is 0. The standard InChI is InChI=1S/C13H21N5O/c1-3-14-12-11(15-6-7-16-12)13(19)17-10-5-8-18(4-2)9-10/h6-7,10H,3-5,8-9H2,1-2H3,(H,14,16)(H,17,19)/t10-/m0/s1. The van der Waals surface area contributed by atoms with Crippen molar-refractivity contribution in [3.05, 3.63) is 18.1 Å². The molecule has 2 N–H and O–H groups in total. The van der Waals surface area contributed by atoms with Crippen molar-refractivity contribution in [2.75, 3.05) is 31.5 Å². The molecule has 1 aromatic rings. The molecule has 1 saturated heterocycles. The van der Waals surface area contributed by atoms with Gasteiger partial charge in [-0.1, -0.05) is 6.92 Å². The van der Waals surface area contributed by atoms with E-state index in [0.717, 1.165) is 26.1 Å². The van der Waals surface area contributed by atoms with E-state index in [2.05, 4.69) is 32.4 Å². The lowest BCUT2D eigenvalue weighted by Crippen LogP contribution is -2.37. The van der Waals surface area contributed by atoms with E-state index in [1.807, 2.05) is 6.92 Å². The minimum absolute atomic E-state index is 0.146. The lowest BCUT2D eigenvalue weighted by atomic mass is 10.2. The number of carbonyl (C=O) groups excluding carboxylic acids is 1. The molecule has 1 fully saturated rings. The van der Waals surface area contributed by atoms with Gasteiger partial charge in [-0.2, -0.15) is 0 Å². The number of carbonyl (C=O) groups is 1. The molecule has 1 atom stereocenters. The highest BCUT2D eigenvalue weighted by Crippen LogP contribution is 2.11. The van der Waals surface area contributed by atoms with Crippen LogP contribution in [-0.4, -0.2) is 53.0 Å². The fraction of sp³-hybridized carbons (Fsp3) is 0.615. The summed E-state index contributed by atoms with van der Waals surface area (Å²) in [5, 5.41) is 6.09. The summed E-state index contributed by atoms with van der Waals surface area (Å²) in [4.78, 5) is 22.8. The average Bonchev–Trinajstić information content (AvgIpc) is 2.87. The van der Waals surface area contributed by atoms with E-state index < -0.39 is 0 Å². The first-order chi connectivity index (χ1) is 9.24. The van der Waals surface area contributed by atoms with Gasteiger partial charge in [0.1, 0.15) is 0 Å². The van der Waals surface area contributed by atoms with Crippen LogP contribution in [0.3, 0.4) is 0 Å². The van der Waals surface area contributed by atoms with Gasteiger partial charge in [-0.25, -0.2) is 9.97 Å². The summed E-state index contributed by atoms with van der Waals surface area (Å²) >= 11 is 0. The van der Waals surface area contributed by atoms with Crippen LogP contribution >= 0.6 is 0 Å². The second-order valence-corrected chi connectivity index (χ2v) is 4.64. The summed E-state index contributed by atoms with van der Waals surface area (Å²) in [6, 6.07) is 0.212. The summed E-state index contributed by atoms with van der Waals surface area (Å²) in [6.07, 6.45) is 4.13. The molecule has 6 nitrogen and oxygen atoms in total. The van der Waals surface area contributed by atoms with E-state index in [0.29, 0.717) is 18.1 Å². The summed E-state index contributed by atoms with van der Waals surface area (Å²) in [7, 11) is 0. The Balaban J connectivity index is 2.00. The van der Waals surface area contributed by atoms with Crippen LogP contribution in [0.5, 0.6) is 0 Å². The monoisotopic (exact) mass is 263 g/mol. The number of likely N-dealkylation sites (tertiary alicyclic amines) is 1. The first kappa shape index (κ1) is 13.7. The largest absolute Gasteiger partial charge is 0.368 e. The molecule has 6 heteroatoms. The Morgan fingerprint density at radius 1 is 1.42 bits per heavy atom. The number of hydrogen-bond acceptors (Lipinski definition) is 5. The molecular weight excluding hydrogens is 242 g/mol. The molecule has 0 aromatic carbocycles. The molecular formula is C13H21N5O. The van der Waals surface area contributed by atoms with Gasteiger partial charge < -0.3 is 15.5 Å². The van der Waals surface area contributed by atoms with Crippen molar-refractivity contribution in [2.24, 2.45) is 0 Å². The highest BCUT2D eigenvalue weighted by molar-refractivity contribution is 5.96. The van der Waals surface area contributed by atoms with Gasteiger partial charge in [0.25, 0.3) is 5.91 Å². The van der Waals surface area contributed by atoms with Crippen LogP contribution in [0.1, 0.15) is 30.8 Å². The van der Waals surface area contributed by atoms with Crippen LogP contribution in [0, 0.1) is 0 Å². The van der Waals surface area contributed by atoms with Crippen LogP contribution in [-0.2, 0) is 0 Å². The molecule has 0 unspecified atom stereocenters. The molecule has 1 amide bonds. The quantitative estimate of drug-likeness (QED) is 0.819. The van der Waals surface area contributed by atoms with Gasteiger partial charge in [-0.15, -0.1) is 0 Å². The number of nitrogens with one attached hydrogen (secondary N) is 2. The Labute approximate surface area is 113 Å². The lowest BCUT2D eigenvalue weighted by molar-refractivity contribution is 0.0933. The second kappa shape index (κ2) is 6.47. The summed E-state index contributed by atoms with van der Waals surface area (Å²) in [5.41, 5.74) is 0.374. The van der Waals surface area contributed by atoms with Gasteiger partial charge in [0.05, 0.1) is 0 Å². The summed E-state index contributed by atoms with van der Waals surface area (Å²) in [6.45, 7) is 7.80. The molecule has 0 bridgehead atoms.